The van der Waals surface area contributed by atoms with Gasteiger partial charge in [0.15, 0.2) is 5.69 Å². The highest BCUT2D eigenvalue weighted by Gasteiger charge is 2.12. The summed E-state index contributed by atoms with van der Waals surface area (Å²) in [7, 11) is 1.24. The van der Waals surface area contributed by atoms with Gasteiger partial charge in [-0.15, -0.1) is 0 Å². The van der Waals surface area contributed by atoms with Crippen LogP contribution in [0.5, 0.6) is 5.75 Å². The summed E-state index contributed by atoms with van der Waals surface area (Å²) < 4.78 is 4.55. The highest BCUT2D eigenvalue weighted by molar-refractivity contribution is 5.96. The molecule has 0 aliphatic carbocycles. The van der Waals surface area contributed by atoms with Gasteiger partial charge in [-0.25, -0.2) is 9.78 Å². The first-order valence-electron chi connectivity index (χ1n) is 5.51. The lowest BCUT2D eigenvalue weighted by Crippen LogP contribution is -2.06. The van der Waals surface area contributed by atoms with Crippen molar-refractivity contribution in [1.29, 1.82) is 0 Å². The van der Waals surface area contributed by atoms with E-state index in [4.69, 9.17) is 0 Å². The lowest BCUT2D eigenvalue weighted by molar-refractivity contribution is -0.114. The summed E-state index contributed by atoms with van der Waals surface area (Å²) in [5.74, 6) is -0.922. The van der Waals surface area contributed by atoms with Crippen molar-refractivity contribution in [2.45, 2.75) is 6.92 Å². The van der Waals surface area contributed by atoms with Crippen molar-refractivity contribution in [2.24, 2.45) is 0 Å². The number of hydrogen-bond acceptors (Lipinski definition) is 5. The number of carbonyl (C=O) groups excluding carboxylic acids is 2. The number of esters is 1. The molecule has 98 valence electrons. The van der Waals surface area contributed by atoms with Crippen LogP contribution in [-0.4, -0.2) is 29.1 Å². The fourth-order valence-corrected chi connectivity index (χ4v) is 1.70. The van der Waals surface area contributed by atoms with E-state index in [2.05, 4.69) is 15.0 Å². The lowest BCUT2D eigenvalue weighted by Gasteiger charge is -2.07. The van der Waals surface area contributed by atoms with Crippen LogP contribution in [0.2, 0.25) is 0 Å². The third-order valence-electron chi connectivity index (χ3n) is 2.50. The quantitative estimate of drug-likeness (QED) is 0.802. The number of carbonyl (C=O) groups is 2. The number of anilines is 1. The van der Waals surface area contributed by atoms with Gasteiger partial charge in [0.1, 0.15) is 5.75 Å². The predicted molar refractivity (Wildman–Crippen MR) is 69.1 cm³/mol. The molecule has 6 heteroatoms. The highest BCUT2D eigenvalue weighted by atomic mass is 16.5. The summed E-state index contributed by atoms with van der Waals surface area (Å²) in [5.41, 5.74) is 0.938. The van der Waals surface area contributed by atoms with Crippen LogP contribution in [0.15, 0.2) is 24.3 Å². The zero-order valence-electron chi connectivity index (χ0n) is 10.4. The minimum atomic E-state index is -0.637. The number of pyridine rings is 1. The number of aromatic nitrogens is 1. The van der Waals surface area contributed by atoms with Gasteiger partial charge in [-0.2, -0.15) is 0 Å². The summed E-state index contributed by atoms with van der Waals surface area (Å²) in [6.45, 7) is 1.39. The number of nitrogens with one attached hydrogen (secondary N) is 1. The molecule has 1 aromatic heterocycles. The summed E-state index contributed by atoms with van der Waals surface area (Å²) in [4.78, 5) is 26.5. The van der Waals surface area contributed by atoms with Crippen LogP contribution in [0.25, 0.3) is 10.9 Å². The topological polar surface area (TPSA) is 88.5 Å². The molecule has 1 aromatic carbocycles. The third-order valence-corrected chi connectivity index (χ3v) is 2.50. The highest BCUT2D eigenvalue weighted by Crippen LogP contribution is 2.26. The van der Waals surface area contributed by atoms with Gasteiger partial charge in [0.25, 0.3) is 0 Å². The third kappa shape index (κ3) is 2.62. The monoisotopic (exact) mass is 260 g/mol. The van der Waals surface area contributed by atoms with Crippen LogP contribution >= 0.6 is 0 Å². The Morgan fingerprint density at radius 1 is 1.32 bits per heavy atom. The number of benzene rings is 1. The summed E-state index contributed by atoms with van der Waals surface area (Å²) in [5, 5.41) is 12.9. The van der Waals surface area contributed by atoms with Crippen molar-refractivity contribution in [1.82, 2.24) is 4.98 Å². The Bertz CT molecular complexity index is 667. The van der Waals surface area contributed by atoms with Crippen molar-refractivity contribution in [3.63, 3.8) is 0 Å². The van der Waals surface area contributed by atoms with E-state index in [0.29, 0.717) is 16.6 Å². The molecule has 0 unspecified atom stereocenters. The number of ether oxygens (including phenoxy) is 1. The molecule has 0 aliphatic rings. The standard InChI is InChI=1S/C13H12N2O4/c1-7(16)14-8-3-4-9-10(5-8)15-11(6-12(9)17)13(18)19-2/h3-6H,1-2H3,(H,14,16)(H,15,17). The van der Waals surface area contributed by atoms with Crippen molar-refractivity contribution < 1.29 is 19.4 Å². The Labute approximate surface area is 109 Å². The number of rotatable bonds is 2. The number of nitrogens with zero attached hydrogens (tertiary/aromatic N) is 1. The Balaban J connectivity index is 2.56. The first-order valence-corrected chi connectivity index (χ1v) is 5.51. The Morgan fingerprint density at radius 3 is 2.68 bits per heavy atom. The largest absolute Gasteiger partial charge is 0.507 e. The van der Waals surface area contributed by atoms with Gasteiger partial charge < -0.3 is 15.2 Å². The maximum absolute atomic E-state index is 11.4. The first kappa shape index (κ1) is 12.8. The molecule has 6 nitrogen and oxygen atoms in total. The van der Waals surface area contributed by atoms with Gasteiger partial charge in [0.05, 0.1) is 12.6 Å². The molecule has 0 aliphatic heterocycles. The van der Waals surface area contributed by atoms with E-state index in [-0.39, 0.29) is 17.4 Å². The summed E-state index contributed by atoms with van der Waals surface area (Å²) in [6, 6.07) is 6.07. The van der Waals surface area contributed by atoms with Crippen molar-refractivity contribution >= 4 is 28.5 Å². The van der Waals surface area contributed by atoms with Gasteiger partial charge in [0.2, 0.25) is 5.91 Å². The molecule has 0 saturated heterocycles. The first-order chi connectivity index (χ1) is 9.01. The van der Waals surface area contributed by atoms with Crippen LogP contribution in [0, 0.1) is 0 Å². The van der Waals surface area contributed by atoms with E-state index in [1.54, 1.807) is 18.2 Å². The smallest absolute Gasteiger partial charge is 0.356 e. The van der Waals surface area contributed by atoms with Crippen LogP contribution in [0.3, 0.4) is 0 Å². The van der Waals surface area contributed by atoms with E-state index in [1.807, 2.05) is 0 Å². The molecule has 0 spiro atoms. The normalized spacial score (nSPS) is 10.2. The van der Waals surface area contributed by atoms with Crippen LogP contribution in [0.1, 0.15) is 17.4 Å². The summed E-state index contributed by atoms with van der Waals surface area (Å²) >= 11 is 0. The van der Waals surface area contributed by atoms with Gasteiger partial charge in [-0.1, -0.05) is 0 Å². The Kier molecular flexibility index (Phi) is 3.33. The van der Waals surface area contributed by atoms with Gasteiger partial charge in [-0.3, -0.25) is 4.79 Å². The fraction of sp³-hybridized carbons (Fsp3) is 0.154. The van der Waals surface area contributed by atoms with Crippen LogP contribution < -0.4 is 5.32 Å². The van der Waals surface area contributed by atoms with Gasteiger partial charge in [0, 0.05) is 24.1 Å². The second-order valence-corrected chi connectivity index (χ2v) is 3.93. The average Bonchev–Trinajstić information content (AvgIpc) is 2.36. The minimum Gasteiger partial charge on any atom is -0.507 e. The Morgan fingerprint density at radius 2 is 2.05 bits per heavy atom. The van der Waals surface area contributed by atoms with Crippen molar-refractivity contribution in [3.05, 3.63) is 30.0 Å². The van der Waals surface area contributed by atoms with Crippen molar-refractivity contribution in [3.8, 4) is 5.75 Å². The average molecular weight is 260 g/mol. The number of amides is 1. The molecule has 0 atom stereocenters. The number of methoxy groups -OCH3 is 1. The molecule has 2 rings (SSSR count). The van der Waals surface area contributed by atoms with Gasteiger partial charge >= 0.3 is 5.97 Å². The maximum atomic E-state index is 11.4. The maximum Gasteiger partial charge on any atom is 0.356 e. The molecule has 0 saturated carbocycles. The second-order valence-electron chi connectivity index (χ2n) is 3.93. The molecule has 0 radical (unpaired) electrons. The van der Waals surface area contributed by atoms with Crippen LogP contribution in [0.4, 0.5) is 5.69 Å². The molecule has 0 fully saturated rings. The zero-order chi connectivity index (χ0) is 14.0. The molecule has 19 heavy (non-hydrogen) atoms. The minimum absolute atomic E-state index is 0.00692. The van der Waals surface area contributed by atoms with E-state index >= 15 is 0 Å². The SMILES string of the molecule is COC(=O)c1cc(O)c2ccc(NC(C)=O)cc2n1. The molecule has 1 heterocycles. The van der Waals surface area contributed by atoms with E-state index in [1.165, 1.54) is 20.1 Å². The molecule has 2 N–H and O–H groups in total. The molecular formula is C13H12N2O4. The molecule has 0 bridgehead atoms. The second kappa shape index (κ2) is 4.93. The van der Waals surface area contributed by atoms with Gasteiger partial charge in [-0.05, 0) is 18.2 Å². The number of fused-ring (bicyclic) bond motifs is 1. The molecule has 2 aromatic rings. The number of hydrogen-bond donors (Lipinski definition) is 2. The molecule has 1 amide bonds. The Hall–Kier alpha value is -2.63. The predicted octanol–water partition coefficient (Wildman–Crippen LogP) is 1.69. The zero-order valence-corrected chi connectivity index (χ0v) is 10.4. The van der Waals surface area contributed by atoms with E-state index < -0.39 is 5.97 Å². The van der Waals surface area contributed by atoms with Crippen LogP contribution in [-0.2, 0) is 9.53 Å². The lowest BCUT2D eigenvalue weighted by atomic mass is 10.1. The summed E-state index contributed by atoms with van der Waals surface area (Å²) in [6.07, 6.45) is 0. The van der Waals surface area contributed by atoms with E-state index in [9.17, 15) is 14.7 Å². The fourth-order valence-electron chi connectivity index (χ4n) is 1.70. The van der Waals surface area contributed by atoms with Crippen molar-refractivity contribution in [2.75, 3.05) is 12.4 Å². The van der Waals surface area contributed by atoms with E-state index in [0.717, 1.165) is 0 Å². The number of aromatic hydroxyl groups is 1. The molecular weight excluding hydrogens is 248 g/mol.